The van der Waals surface area contributed by atoms with E-state index in [0.717, 1.165) is 66.0 Å². The number of benzene rings is 3. The molecule has 3 aromatic carbocycles. The first-order valence-corrected chi connectivity index (χ1v) is 21.4. The van der Waals surface area contributed by atoms with E-state index in [-0.39, 0.29) is 42.4 Å². The van der Waals surface area contributed by atoms with Crippen LogP contribution >= 0.6 is 0 Å². The van der Waals surface area contributed by atoms with E-state index in [4.69, 9.17) is 14.1 Å². The van der Waals surface area contributed by atoms with Crippen molar-refractivity contribution in [2.75, 3.05) is 4.90 Å². The standard InChI is InChI=1S/C52H48N4O2/c1-31-23-26-38-37-27-24-35(51-53-50(33-15-6-3-7-16-33)54-52(55-51)40-19-12-22-45-47(40)39-18-9-11-21-44(39)57-45)30-46(37)58-49(38)48(31)56-42-20-10-8-17-36(42)41-29-34(25-28-43(41)56)32-13-4-2-5-14-32/h3-4,6-10,12-18,20,22-31,36,39-40,42,44,48,50-51,53H,2,5,11,19,21H2,1H3,(H,54,55). The van der Waals surface area contributed by atoms with Crippen molar-refractivity contribution in [1.29, 1.82) is 0 Å². The van der Waals surface area contributed by atoms with Gasteiger partial charge in [-0.2, -0.15) is 0 Å². The second-order valence-corrected chi connectivity index (χ2v) is 17.2. The van der Waals surface area contributed by atoms with Crippen LogP contribution in [0.3, 0.4) is 0 Å². The van der Waals surface area contributed by atoms with Gasteiger partial charge in [0, 0.05) is 40.3 Å². The molecule has 0 saturated heterocycles. The molecule has 8 aliphatic rings. The number of furan rings is 1. The molecular weight excluding hydrogens is 713 g/mol. The molecule has 0 saturated carbocycles. The molecule has 58 heavy (non-hydrogen) atoms. The van der Waals surface area contributed by atoms with Gasteiger partial charge in [-0.3, -0.25) is 5.32 Å². The third kappa shape index (κ3) is 5.45. The number of hydrogen-bond donors (Lipinski definition) is 2. The monoisotopic (exact) mass is 760 g/mol. The van der Waals surface area contributed by atoms with E-state index in [1.807, 2.05) is 0 Å². The summed E-state index contributed by atoms with van der Waals surface area (Å²) < 4.78 is 13.7. The SMILES string of the molecule is CC1C=Cc2c(oc3cc(C4N=C(C5CC=CC6=C5C5C=CCCC5O6)NC(c5ccccc5)N4)ccc23)C1N1c2ccc(C3=CCCC=C3)cc2C2C=CC=CC21. The minimum Gasteiger partial charge on any atom is -0.489 e. The molecule has 4 heterocycles. The molecule has 12 rings (SSSR count). The van der Waals surface area contributed by atoms with E-state index in [1.54, 1.807) is 0 Å². The lowest BCUT2D eigenvalue weighted by molar-refractivity contribution is 0.121. The molecule has 2 N–H and O–H groups in total. The molecule has 0 radical (unpaired) electrons. The topological polar surface area (TPSA) is 62.0 Å². The van der Waals surface area contributed by atoms with Gasteiger partial charge in [-0.1, -0.05) is 128 Å². The largest absolute Gasteiger partial charge is 0.489 e. The zero-order chi connectivity index (χ0) is 38.3. The number of aliphatic imine (C=N–C) groups is 1. The fourth-order valence-corrected chi connectivity index (χ4v) is 11.0. The molecule has 1 aromatic heterocycles. The number of fused-ring (bicyclic) bond motifs is 8. The molecule has 6 heteroatoms. The predicted octanol–water partition coefficient (Wildman–Crippen LogP) is 11.5. The smallest absolute Gasteiger partial charge is 0.135 e. The molecule has 5 aliphatic carbocycles. The van der Waals surface area contributed by atoms with Crippen LogP contribution in [-0.2, 0) is 4.74 Å². The van der Waals surface area contributed by atoms with E-state index >= 15 is 0 Å². The van der Waals surface area contributed by atoms with Crippen molar-refractivity contribution in [1.82, 2.24) is 10.6 Å². The molecule has 9 unspecified atom stereocenters. The average molecular weight is 761 g/mol. The zero-order valence-electron chi connectivity index (χ0n) is 32.8. The zero-order valence-corrected chi connectivity index (χ0v) is 32.8. The van der Waals surface area contributed by atoms with Gasteiger partial charge in [0.05, 0.1) is 12.1 Å². The molecule has 3 aliphatic heterocycles. The molecule has 0 spiro atoms. The van der Waals surface area contributed by atoms with Crippen molar-refractivity contribution >= 4 is 34.1 Å². The second kappa shape index (κ2) is 13.6. The number of rotatable bonds is 5. The van der Waals surface area contributed by atoms with E-state index in [9.17, 15) is 0 Å². The number of ether oxygens (including phenoxy) is 1. The van der Waals surface area contributed by atoms with Crippen molar-refractivity contribution in [3.63, 3.8) is 0 Å². The fourth-order valence-electron chi connectivity index (χ4n) is 11.0. The summed E-state index contributed by atoms with van der Waals surface area (Å²) in [5.41, 5.74) is 11.1. The van der Waals surface area contributed by atoms with Gasteiger partial charge < -0.3 is 19.4 Å². The maximum Gasteiger partial charge on any atom is 0.135 e. The van der Waals surface area contributed by atoms with Crippen LogP contribution in [0.4, 0.5) is 5.69 Å². The maximum absolute atomic E-state index is 7.12. The lowest BCUT2D eigenvalue weighted by atomic mass is 9.78. The van der Waals surface area contributed by atoms with Gasteiger partial charge in [0.25, 0.3) is 0 Å². The Hall–Kier alpha value is -5.85. The molecule has 0 amide bonds. The number of nitrogens with one attached hydrogen (secondary N) is 2. The Kier molecular flexibility index (Phi) is 8.04. The third-order valence-corrected chi connectivity index (χ3v) is 13.8. The van der Waals surface area contributed by atoms with Gasteiger partial charge in [0.15, 0.2) is 0 Å². The van der Waals surface area contributed by atoms with E-state index in [1.165, 1.54) is 39.1 Å². The quantitative estimate of drug-likeness (QED) is 0.198. The summed E-state index contributed by atoms with van der Waals surface area (Å²) in [6, 6.07) is 24.8. The number of anilines is 1. The highest BCUT2D eigenvalue weighted by Crippen LogP contribution is 2.53. The highest BCUT2D eigenvalue weighted by atomic mass is 16.5. The second-order valence-electron chi connectivity index (χ2n) is 17.2. The minimum atomic E-state index is -0.262. The summed E-state index contributed by atoms with van der Waals surface area (Å²) in [5, 5.41) is 8.87. The van der Waals surface area contributed by atoms with Crippen molar-refractivity contribution in [2.24, 2.45) is 22.7 Å². The molecule has 288 valence electrons. The Morgan fingerprint density at radius 3 is 2.66 bits per heavy atom. The van der Waals surface area contributed by atoms with E-state index in [0.29, 0.717) is 11.8 Å². The van der Waals surface area contributed by atoms with Crippen molar-refractivity contribution in [3.05, 3.63) is 185 Å². The Bertz CT molecular complexity index is 2610. The molecule has 4 aromatic rings. The normalized spacial score (nSPS) is 31.3. The van der Waals surface area contributed by atoms with Gasteiger partial charge in [0.1, 0.15) is 41.4 Å². The summed E-state index contributed by atoms with van der Waals surface area (Å²) in [7, 11) is 0. The van der Waals surface area contributed by atoms with Crippen LogP contribution < -0.4 is 15.5 Å². The van der Waals surface area contributed by atoms with Crippen molar-refractivity contribution in [3.8, 4) is 0 Å². The number of nitrogens with zero attached hydrogens (tertiary/aromatic N) is 2. The lowest BCUT2D eigenvalue weighted by Gasteiger charge is -2.39. The van der Waals surface area contributed by atoms with Gasteiger partial charge in [-0.15, -0.1) is 0 Å². The van der Waals surface area contributed by atoms with Crippen molar-refractivity contribution in [2.45, 2.75) is 75.5 Å². The number of hydrogen-bond acceptors (Lipinski definition) is 6. The molecule has 0 bridgehead atoms. The van der Waals surface area contributed by atoms with Gasteiger partial charge in [-0.05, 0) is 89.8 Å². The summed E-state index contributed by atoms with van der Waals surface area (Å²) in [5.74, 6) is 4.09. The highest BCUT2D eigenvalue weighted by Gasteiger charge is 2.46. The summed E-state index contributed by atoms with van der Waals surface area (Å²) in [4.78, 5) is 8.15. The van der Waals surface area contributed by atoms with E-state index < -0.39 is 0 Å². The van der Waals surface area contributed by atoms with Gasteiger partial charge in [-0.25, -0.2) is 4.99 Å². The lowest BCUT2D eigenvalue weighted by Crippen LogP contribution is -2.48. The first-order chi connectivity index (χ1) is 28.7. The van der Waals surface area contributed by atoms with Gasteiger partial charge in [0.2, 0.25) is 0 Å². The van der Waals surface area contributed by atoms with Crippen LogP contribution in [0.1, 0.15) is 96.9 Å². The third-order valence-electron chi connectivity index (χ3n) is 13.8. The van der Waals surface area contributed by atoms with Crippen LogP contribution in [-0.4, -0.2) is 18.0 Å². The molecular formula is C52H48N4O2. The van der Waals surface area contributed by atoms with Crippen LogP contribution in [0.25, 0.3) is 22.6 Å². The average Bonchev–Trinajstić information content (AvgIpc) is 3.96. The maximum atomic E-state index is 7.12. The van der Waals surface area contributed by atoms with Crippen molar-refractivity contribution < 1.29 is 9.15 Å². The Morgan fingerprint density at radius 1 is 0.810 bits per heavy atom. The fraction of sp³-hybridized carbons (Fsp3) is 0.288. The van der Waals surface area contributed by atoms with Crippen LogP contribution in [0.15, 0.2) is 160 Å². The Morgan fingerprint density at radius 2 is 1.74 bits per heavy atom. The molecule has 0 fully saturated rings. The van der Waals surface area contributed by atoms with Crippen LogP contribution in [0.5, 0.6) is 0 Å². The Labute approximate surface area is 340 Å². The highest BCUT2D eigenvalue weighted by molar-refractivity contribution is 5.92. The summed E-state index contributed by atoms with van der Waals surface area (Å²) in [6.07, 6.45) is 35.1. The minimum absolute atomic E-state index is 0.0533. The summed E-state index contributed by atoms with van der Waals surface area (Å²) in [6.45, 7) is 2.34. The van der Waals surface area contributed by atoms with E-state index in [2.05, 4.69) is 168 Å². The Balaban J connectivity index is 0.923. The number of amidine groups is 1. The first kappa shape index (κ1) is 34.2. The van der Waals surface area contributed by atoms with Crippen LogP contribution in [0.2, 0.25) is 0 Å². The number of allylic oxidation sites excluding steroid dienone is 9. The predicted molar refractivity (Wildman–Crippen MR) is 234 cm³/mol. The van der Waals surface area contributed by atoms with Crippen LogP contribution in [0, 0.1) is 17.8 Å². The molecule has 9 atom stereocenters. The van der Waals surface area contributed by atoms with Gasteiger partial charge >= 0.3 is 0 Å². The first-order valence-electron chi connectivity index (χ1n) is 21.4. The summed E-state index contributed by atoms with van der Waals surface area (Å²) >= 11 is 0. The molecule has 6 nitrogen and oxygen atoms in total.